The SMILES string of the molecule is CCNC1(CO)CCC(Oc2ccc(C(C)(C)C)cc2)C1. The van der Waals surface area contributed by atoms with Gasteiger partial charge in [-0.3, -0.25) is 0 Å². The number of ether oxygens (including phenoxy) is 1. The Kier molecular flexibility index (Phi) is 4.95. The minimum absolute atomic E-state index is 0.148. The molecule has 0 bridgehead atoms. The second-order valence-corrected chi connectivity index (χ2v) is 7.23. The number of hydrogen-bond donors (Lipinski definition) is 2. The Labute approximate surface area is 128 Å². The maximum absolute atomic E-state index is 9.64. The van der Waals surface area contributed by atoms with Crippen molar-refractivity contribution < 1.29 is 9.84 Å². The summed E-state index contributed by atoms with van der Waals surface area (Å²) in [6, 6.07) is 8.42. The van der Waals surface area contributed by atoms with Gasteiger partial charge in [-0.2, -0.15) is 0 Å². The molecule has 3 nitrogen and oxygen atoms in total. The molecule has 0 aromatic heterocycles. The van der Waals surface area contributed by atoms with E-state index in [0.29, 0.717) is 0 Å². The van der Waals surface area contributed by atoms with Crippen molar-refractivity contribution >= 4 is 0 Å². The second-order valence-electron chi connectivity index (χ2n) is 7.23. The Morgan fingerprint density at radius 3 is 2.48 bits per heavy atom. The highest BCUT2D eigenvalue weighted by Gasteiger charge is 2.39. The molecular formula is C18H29NO2. The first-order valence-corrected chi connectivity index (χ1v) is 8.02. The molecule has 1 aromatic carbocycles. The molecular weight excluding hydrogens is 262 g/mol. The molecule has 21 heavy (non-hydrogen) atoms. The van der Waals surface area contributed by atoms with Crippen LogP contribution in [0.3, 0.4) is 0 Å². The van der Waals surface area contributed by atoms with Gasteiger partial charge in [-0.15, -0.1) is 0 Å². The number of hydrogen-bond acceptors (Lipinski definition) is 3. The molecule has 0 amide bonds. The quantitative estimate of drug-likeness (QED) is 0.875. The smallest absolute Gasteiger partial charge is 0.119 e. The van der Waals surface area contributed by atoms with Gasteiger partial charge in [-0.05, 0) is 42.5 Å². The Balaban J connectivity index is 1.97. The average Bonchev–Trinajstić information content (AvgIpc) is 2.82. The van der Waals surface area contributed by atoms with Crippen molar-refractivity contribution in [2.24, 2.45) is 0 Å². The summed E-state index contributed by atoms with van der Waals surface area (Å²) in [6.07, 6.45) is 3.03. The largest absolute Gasteiger partial charge is 0.490 e. The van der Waals surface area contributed by atoms with Crippen LogP contribution >= 0.6 is 0 Å². The van der Waals surface area contributed by atoms with Crippen LogP contribution in [0.1, 0.15) is 52.5 Å². The van der Waals surface area contributed by atoms with Crippen LogP contribution in [-0.4, -0.2) is 29.9 Å². The van der Waals surface area contributed by atoms with Gasteiger partial charge in [-0.25, -0.2) is 0 Å². The maximum atomic E-state index is 9.64. The van der Waals surface area contributed by atoms with E-state index in [4.69, 9.17) is 4.74 Å². The molecule has 1 fully saturated rings. The van der Waals surface area contributed by atoms with Gasteiger partial charge >= 0.3 is 0 Å². The summed E-state index contributed by atoms with van der Waals surface area (Å²) in [4.78, 5) is 0. The second kappa shape index (κ2) is 6.37. The van der Waals surface area contributed by atoms with Crippen LogP contribution in [0.15, 0.2) is 24.3 Å². The predicted molar refractivity (Wildman–Crippen MR) is 86.9 cm³/mol. The topological polar surface area (TPSA) is 41.5 Å². The lowest BCUT2D eigenvalue weighted by atomic mass is 9.87. The standard InChI is InChI=1S/C18H29NO2/c1-5-19-18(13-20)11-10-16(12-18)21-15-8-6-14(7-9-15)17(2,3)4/h6-9,16,19-20H,5,10-13H2,1-4H3. The molecule has 0 saturated heterocycles. The summed E-state index contributed by atoms with van der Waals surface area (Å²) in [5.41, 5.74) is 1.34. The Morgan fingerprint density at radius 2 is 1.95 bits per heavy atom. The highest BCUT2D eigenvalue weighted by atomic mass is 16.5. The average molecular weight is 291 g/mol. The summed E-state index contributed by atoms with van der Waals surface area (Å²) in [6.45, 7) is 9.79. The van der Waals surface area contributed by atoms with Crippen molar-refractivity contribution in [3.63, 3.8) is 0 Å². The Morgan fingerprint density at radius 1 is 1.29 bits per heavy atom. The van der Waals surface area contributed by atoms with Gasteiger partial charge < -0.3 is 15.2 Å². The first-order valence-electron chi connectivity index (χ1n) is 8.02. The minimum atomic E-state index is -0.148. The summed E-state index contributed by atoms with van der Waals surface area (Å²) in [5.74, 6) is 0.929. The van der Waals surface area contributed by atoms with E-state index in [2.05, 4.69) is 57.3 Å². The van der Waals surface area contributed by atoms with Crippen molar-refractivity contribution in [1.29, 1.82) is 0 Å². The van der Waals surface area contributed by atoms with Crippen LogP contribution in [0.5, 0.6) is 5.75 Å². The van der Waals surface area contributed by atoms with E-state index >= 15 is 0 Å². The van der Waals surface area contributed by atoms with Crippen molar-refractivity contribution in [1.82, 2.24) is 5.32 Å². The fraction of sp³-hybridized carbons (Fsp3) is 0.667. The van der Waals surface area contributed by atoms with Crippen molar-refractivity contribution in [2.75, 3.05) is 13.2 Å². The number of benzene rings is 1. The maximum Gasteiger partial charge on any atom is 0.119 e. The molecule has 1 saturated carbocycles. The van der Waals surface area contributed by atoms with E-state index in [9.17, 15) is 5.11 Å². The van der Waals surface area contributed by atoms with Crippen molar-refractivity contribution in [2.45, 2.75) is 64.0 Å². The number of likely N-dealkylation sites (N-methyl/N-ethyl adjacent to an activating group) is 1. The first-order chi connectivity index (χ1) is 9.88. The van der Waals surface area contributed by atoms with E-state index in [1.807, 2.05) is 0 Å². The molecule has 1 aliphatic carbocycles. The lowest BCUT2D eigenvalue weighted by Gasteiger charge is -2.28. The molecule has 0 aliphatic heterocycles. The fourth-order valence-corrected chi connectivity index (χ4v) is 3.14. The number of nitrogens with one attached hydrogen (secondary N) is 1. The molecule has 0 radical (unpaired) electrons. The summed E-state index contributed by atoms with van der Waals surface area (Å²) in [5, 5.41) is 13.1. The normalized spacial score (nSPS) is 26.0. The molecule has 3 heteroatoms. The zero-order valence-corrected chi connectivity index (χ0v) is 13.8. The van der Waals surface area contributed by atoms with E-state index in [0.717, 1.165) is 31.6 Å². The van der Waals surface area contributed by atoms with Crippen LogP contribution in [0, 0.1) is 0 Å². The number of aliphatic hydroxyl groups is 1. The summed E-state index contributed by atoms with van der Waals surface area (Å²) >= 11 is 0. The highest BCUT2D eigenvalue weighted by molar-refractivity contribution is 5.31. The van der Waals surface area contributed by atoms with Crippen LogP contribution in [0.25, 0.3) is 0 Å². The van der Waals surface area contributed by atoms with E-state index in [-0.39, 0.29) is 23.7 Å². The fourth-order valence-electron chi connectivity index (χ4n) is 3.14. The van der Waals surface area contributed by atoms with Crippen LogP contribution in [-0.2, 0) is 5.41 Å². The molecule has 0 heterocycles. The zero-order chi connectivity index (χ0) is 15.5. The molecule has 0 spiro atoms. The molecule has 2 N–H and O–H groups in total. The first kappa shape index (κ1) is 16.3. The predicted octanol–water partition coefficient (Wildman–Crippen LogP) is 3.26. The Hall–Kier alpha value is -1.06. The van der Waals surface area contributed by atoms with Crippen molar-refractivity contribution in [3.8, 4) is 5.75 Å². The summed E-state index contributed by atoms with van der Waals surface area (Å²) in [7, 11) is 0. The molecule has 2 atom stereocenters. The van der Waals surface area contributed by atoms with E-state index < -0.39 is 0 Å². The zero-order valence-electron chi connectivity index (χ0n) is 13.8. The van der Waals surface area contributed by atoms with Crippen LogP contribution in [0.2, 0.25) is 0 Å². The molecule has 2 unspecified atom stereocenters. The highest BCUT2D eigenvalue weighted by Crippen LogP contribution is 2.33. The van der Waals surface area contributed by atoms with Crippen LogP contribution < -0.4 is 10.1 Å². The van der Waals surface area contributed by atoms with E-state index in [1.54, 1.807) is 0 Å². The third-order valence-electron chi connectivity index (χ3n) is 4.44. The van der Waals surface area contributed by atoms with Gasteiger partial charge in [0.05, 0.1) is 6.61 Å². The van der Waals surface area contributed by atoms with Gasteiger partial charge in [0.2, 0.25) is 0 Å². The lowest BCUT2D eigenvalue weighted by Crippen LogP contribution is -2.46. The van der Waals surface area contributed by atoms with Gasteiger partial charge in [0, 0.05) is 12.0 Å². The van der Waals surface area contributed by atoms with Gasteiger partial charge in [-0.1, -0.05) is 39.8 Å². The van der Waals surface area contributed by atoms with Gasteiger partial charge in [0.1, 0.15) is 11.9 Å². The third-order valence-corrected chi connectivity index (χ3v) is 4.44. The summed E-state index contributed by atoms with van der Waals surface area (Å²) < 4.78 is 6.10. The third kappa shape index (κ3) is 3.98. The Bertz CT molecular complexity index is 449. The molecule has 118 valence electrons. The molecule has 1 aliphatic rings. The van der Waals surface area contributed by atoms with Crippen LogP contribution in [0.4, 0.5) is 0 Å². The minimum Gasteiger partial charge on any atom is -0.490 e. The lowest BCUT2D eigenvalue weighted by molar-refractivity contribution is 0.142. The van der Waals surface area contributed by atoms with Crippen molar-refractivity contribution in [3.05, 3.63) is 29.8 Å². The molecule has 1 aromatic rings. The van der Waals surface area contributed by atoms with Gasteiger partial charge in [0.25, 0.3) is 0 Å². The monoisotopic (exact) mass is 291 g/mol. The van der Waals surface area contributed by atoms with Gasteiger partial charge in [0.15, 0.2) is 0 Å². The number of rotatable bonds is 5. The van der Waals surface area contributed by atoms with E-state index in [1.165, 1.54) is 5.56 Å². The number of aliphatic hydroxyl groups excluding tert-OH is 1. The molecule has 2 rings (SSSR count).